The van der Waals surface area contributed by atoms with Gasteiger partial charge < -0.3 is 19.7 Å². The number of esters is 1. The van der Waals surface area contributed by atoms with E-state index in [-0.39, 0.29) is 23.7 Å². The van der Waals surface area contributed by atoms with Gasteiger partial charge >= 0.3 is 5.97 Å². The number of ether oxygens (including phenoxy) is 2. The molecule has 1 fully saturated rings. The van der Waals surface area contributed by atoms with Crippen LogP contribution in [0.5, 0.6) is 11.5 Å². The zero-order chi connectivity index (χ0) is 16.8. The van der Waals surface area contributed by atoms with Gasteiger partial charge in [-0.05, 0) is 36.6 Å². The molecule has 1 saturated carbocycles. The van der Waals surface area contributed by atoms with Gasteiger partial charge in [-0.3, -0.25) is 9.59 Å². The number of aliphatic hydroxyl groups excluding tert-OH is 1. The Kier molecular flexibility index (Phi) is 3.64. The monoisotopic (exact) mass is 318 g/mol. The lowest BCUT2D eigenvalue weighted by Crippen LogP contribution is -2.52. The predicted octanol–water partition coefficient (Wildman–Crippen LogP) is 1.45. The maximum atomic E-state index is 13.1. The molecule has 0 saturated heterocycles. The number of rotatable bonds is 3. The Morgan fingerprint density at radius 3 is 2.78 bits per heavy atom. The molecule has 1 aromatic carbocycles. The van der Waals surface area contributed by atoms with Crippen molar-refractivity contribution in [2.24, 2.45) is 11.8 Å². The highest BCUT2D eigenvalue weighted by Gasteiger charge is 2.64. The van der Waals surface area contributed by atoms with Crippen LogP contribution >= 0.6 is 0 Å². The molecular weight excluding hydrogens is 300 g/mol. The smallest absolute Gasteiger partial charge is 0.313 e. The lowest BCUT2D eigenvalue weighted by molar-refractivity contribution is -0.150. The average molecular weight is 318 g/mol. The van der Waals surface area contributed by atoms with E-state index in [1.807, 2.05) is 0 Å². The average Bonchev–Trinajstić information content (AvgIpc) is 3.06. The summed E-state index contributed by atoms with van der Waals surface area (Å²) >= 11 is 0. The van der Waals surface area contributed by atoms with Crippen LogP contribution in [0.3, 0.4) is 0 Å². The van der Waals surface area contributed by atoms with E-state index in [1.54, 1.807) is 0 Å². The Labute approximate surface area is 133 Å². The summed E-state index contributed by atoms with van der Waals surface area (Å²) in [6, 6.07) is 4.25. The van der Waals surface area contributed by atoms with Crippen LogP contribution in [0.1, 0.15) is 23.2 Å². The van der Waals surface area contributed by atoms with Gasteiger partial charge in [-0.15, -0.1) is 0 Å². The molecular formula is C17H18O6. The lowest BCUT2D eigenvalue weighted by atomic mass is 9.76. The molecule has 1 spiro atoms. The first-order chi connectivity index (χ1) is 11.0. The van der Waals surface area contributed by atoms with E-state index in [4.69, 9.17) is 9.47 Å². The van der Waals surface area contributed by atoms with Crippen LogP contribution in [0.4, 0.5) is 0 Å². The summed E-state index contributed by atoms with van der Waals surface area (Å²) in [5.74, 6) is -1.90. The molecule has 1 aliphatic carbocycles. The van der Waals surface area contributed by atoms with Gasteiger partial charge in [0.2, 0.25) is 5.78 Å². The lowest BCUT2D eigenvalue weighted by Gasteiger charge is -2.33. The summed E-state index contributed by atoms with van der Waals surface area (Å²) in [5, 5.41) is 19.1. The molecule has 3 atom stereocenters. The van der Waals surface area contributed by atoms with Crippen molar-refractivity contribution in [2.75, 3.05) is 13.7 Å². The summed E-state index contributed by atoms with van der Waals surface area (Å²) in [6.07, 6.45) is 0.896. The molecule has 6 nitrogen and oxygen atoms in total. The van der Waals surface area contributed by atoms with E-state index in [9.17, 15) is 19.8 Å². The standard InChI is InChI=1S/C17H18O6/c1-9(8-18)12-4-5-13(16(21)22-2)17(12)15(20)11-7-10(19)3-6-14(11)23-17/h3,6-7,12-13,18-19H,1,4-5,8H2,2H3. The Morgan fingerprint density at radius 1 is 1.43 bits per heavy atom. The van der Waals surface area contributed by atoms with Crippen molar-refractivity contribution in [3.63, 3.8) is 0 Å². The summed E-state index contributed by atoms with van der Waals surface area (Å²) < 4.78 is 10.8. The van der Waals surface area contributed by atoms with Crippen molar-refractivity contribution in [2.45, 2.75) is 18.4 Å². The zero-order valence-electron chi connectivity index (χ0n) is 12.7. The van der Waals surface area contributed by atoms with Gasteiger partial charge in [0, 0.05) is 5.92 Å². The molecule has 23 heavy (non-hydrogen) atoms. The van der Waals surface area contributed by atoms with Crippen LogP contribution in [0.25, 0.3) is 0 Å². The molecule has 0 amide bonds. The summed E-state index contributed by atoms with van der Waals surface area (Å²) in [6.45, 7) is 3.53. The van der Waals surface area contributed by atoms with Crippen molar-refractivity contribution in [1.29, 1.82) is 0 Å². The van der Waals surface area contributed by atoms with Crippen LogP contribution in [0.15, 0.2) is 30.4 Å². The number of aromatic hydroxyl groups is 1. The first-order valence-electron chi connectivity index (χ1n) is 7.39. The number of carbonyl (C=O) groups is 2. The zero-order valence-corrected chi connectivity index (χ0v) is 12.7. The third-order valence-corrected chi connectivity index (χ3v) is 4.80. The Bertz CT molecular complexity index is 668. The number of phenols is 1. The van der Waals surface area contributed by atoms with Gasteiger partial charge in [-0.2, -0.15) is 0 Å². The molecule has 0 bridgehead atoms. The van der Waals surface area contributed by atoms with Gasteiger partial charge in [0.25, 0.3) is 0 Å². The number of fused-ring (bicyclic) bond motifs is 1. The van der Waals surface area contributed by atoms with Crippen LogP contribution in [0, 0.1) is 11.8 Å². The third-order valence-electron chi connectivity index (χ3n) is 4.80. The van der Waals surface area contributed by atoms with E-state index in [0.717, 1.165) is 0 Å². The second kappa shape index (κ2) is 5.38. The Balaban J connectivity index is 2.13. The van der Waals surface area contributed by atoms with E-state index in [1.165, 1.54) is 25.3 Å². The second-order valence-corrected chi connectivity index (χ2v) is 5.93. The fourth-order valence-corrected chi connectivity index (χ4v) is 3.74. The topological polar surface area (TPSA) is 93.1 Å². The fourth-order valence-electron chi connectivity index (χ4n) is 3.74. The molecule has 122 valence electrons. The largest absolute Gasteiger partial charge is 0.508 e. The molecule has 2 aliphatic rings. The van der Waals surface area contributed by atoms with Crippen molar-refractivity contribution in [3.05, 3.63) is 35.9 Å². The molecule has 1 heterocycles. The van der Waals surface area contributed by atoms with Crippen LogP contribution in [-0.2, 0) is 9.53 Å². The number of hydrogen-bond acceptors (Lipinski definition) is 6. The summed E-state index contributed by atoms with van der Waals surface area (Å²) in [5.41, 5.74) is -0.776. The molecule has 2 N–H and O–H groups in total. The minimum atomic E-state index is -1.46. The number of benzene rings is 1. The number of hydrogen-bond donors (Lipinski definition) is 2. The van der Waals surface area contributed by atoms with E-state index < -0.39 is 23.4 Å². The highest BCUT2D eigenvalue weighted by Crippen LogP contribution is 2.53. The Hall–Kier alpha value is -2.34. The number of Topliss-reactive ketones (excluding diaryl/α,β-unsaturated/α-hetero) is 1. The van der Waals surface area contributed by atoms with E-state index >= 15 is 0 Å². The number of phenolic OH excluding ortho intramolecular Hbond substituents is 1. The molecule has 1 aliphatic heterocycles. The quantitative estimate of drug-likeness (QED) is 0.647. The molecule has 6 heteroatoms. The van der Waals surface area contributed by atoms with Crippen molar-refractivity contribution in [3.8, 4) is 11.5 Å². The van der Waals surface area contributed by atoms with Gasteiger partial charge in [0.15, 0.2) is 5.60 Å². The summed E-state index contributed by atoms with van der Waals surface area (Å²) in [4.78, 5) is 25.3. The second-order valence-electron chi connectivity index (χ2n) is 5.93. The molecule has 3 unspecified atom stereocenters. The number of aliphatic hydroxyl groups is 1. The van der Waals surface area contributed by atoms with Gasteiger partial charge in [0.05, 0.1) is 19.3 Å². The molecule has 1 aromatic rings. The molecule has 0 radical (unpaired) electrons. The fraction of sp³-hybridized carbons (Fsp3) is 0.412. The minimum Gasteiger partial charge on any atom is -0.508 e. The van der Waals surface area contributed by atoms with Crippen molar-refractivity contribution < 1.29 is 29.3 Å². The first-order valence-corrected chi connectivity index (χ1v) is 7.39. The third kappa shape index (κ3) is 2.05. The highest BCUT2D eigenvalue weighted by atomic mass is 16.5. The van der Waals surface area contributed by atoms with Crippen molar-refractivity contribution in [1.82, 2.24) is 0 Å². The van der Waals surface area contributed by atoms with Crippen LogP contribution < -0.4 is 4.74 Å². The predicted molar refractivity (Wildman–Crippen MR) is 80.3 cm³/mol. The van der Waals surface area contributed by atoms with Gasteiger partial charge in [-0.1, -0.05) is 6.58 Å². The first kappa shape index (κ1) is 15.6. The van der Waals surface area contributed by atoms with E-state index in [2.05, 4.69) is 6.58 Å². The maximum absolute atomic E-state index is 13.1. The SMILES string of the molecule is C=C(CO)C1CCC(C(=O)OC)C12Oc1ccc(O)cc1C2=O. The van der Waals surface area contributed by atoms with E-state index in [0.29, 0.717) is 24.2 Å². The van der Waals surface area contributed by atoms with Crippen LogP contribution in [-0.4, -0.2) is 41.3 Å². The molecule has 0 aromatic heterocycles. The van der Waals surface area contributed by atoms with Gasteiger partial charge in [0.1, 0.15) is 17.4 Å². The van der Waals surface area contributed by atoms with Crippen molar-refractivity contribution >= 4 is 11.8 Å². The van der Waals surface area contributed by atoms with Crippen LogP contribution in [0.2, 0.25) is 0 Å². The highest BCUT2D eigenvalue weighted by molar-refractivity contribution is 6.10. The number of methoxy groups -OCH3 is 1. The minimum absolute atomic E-state index is 0.0529. The van der Waals surface area contributed by atoms with Gasteiger partial charge in [-0.25, -0.2) is 0 Å². The number of ketones is 1. The molecule has 3 rings (SSSR count). The normalized spacial score (nSPS) is 28.5. The number of carbonyl (C=O) groups excluding carboxylic acids is 2. The summed E-state index contributed by atoms with van der Waals surface area (Å²) in [7, 11) is 1.27. The maximum Gasteiger partial charge on any atom is 0.313 e. The Morgan fingerprint density at radius 2 is 2.13 bits per heavy atom.